The van der Waals surface area contributed by atoms with Crippen LogP contribution in [0.25, 0.3) is 0 Å². The van der Waals surface area contributed by atoms with E-state index in [1.54, 1.807) is 0 Å². The van der Waals surface area contributed by atoms with E-state index in [0.717, 1.165) is 0 Å². The normalized spacial score (nSPS) is 17.3. The van der Waals surface area contributed by atoms with E-state index in [9.17, 15) is 24.9 Å². The van der Waals surface area contributed by atoms with Crippen LogP contribution in [0.1, 0.15) is 12.8 Å². The Hall–Kier alpha value is -1.26. The molecule has 4 atom stereocenters. The van der Waals surface area contributed by atoms with Gasteiger partial charge in [-0.2, -0.15) is 0 Å². The Bertz CT molecular complexity index is 297. The molecule has 7 N–H and O–H groups in total. The average Bonchev–Trinajstić information content (AvgIpc) is 2.39. The highest BCUT2D eigenvalue weighted by molar-refractivity contribution is 5.80. The summed E-state index contributed by atoms with van der Waals surface area (Å²) in [4.78, 5) is 21.3. The highest BCUT2D eigenvalue weighted by atomic mass is 16.4. The van der Waals surface area contributed by atoms with Gasteiger partial charge in [-0.05, 0) is 0 Å². The molecular weight excluding hydrogens is 262 g/mol. The first kappa shape index (κ1) is 17.7. The number of hydrogen-bond acceptors (Lipinski definition) is 7. The number of hydrogen-bond donors (Lipinski definition) is 7. The maximum atomic E-state index is 11.1. The van der Waals surface area contributed by atoms with Crippen molar-refractivity contribution < 1.29 is 40.2 Å². The second-order valence-electron chi connectivity index (χ2n) is 4.00. The Morgan fingerprint density at radius 2 is 1.47 bits per heavy atom. The number of carboxylic acid groups (broad SMARTS) is 1. The number of carbonyl (C=O) groups is 2. The average molecular weight is 281 g/mol. The Labute approximate surface area is 109 Å². The monoisotopic (exact) mass is 281 g/mol. The molecule has 0 rings (SSSR count). The summed E-state index contributed by atoms with van der Waals surface area (Å²) in [6.45, 7) is -1.22. The van der Waals surface area contributed by atoms with Gasteiger partial charge < -0.3 is 36.0 Å². The number of rotatable bonds is 9. The molecule has 0 fully saturated rings. The first-order valence-corrected chi connectivity index (χ1v) is 5.61. The fourth-order valence-corrected chi connectivity index (χ4v) is 1.21. The third-order valence-corrected chi connectivity index (χ3v) is 2.40. The molecule has 0 aliphatic carbocycles. The van der Waals surface area contributed by atoms with Crippen molar-refractivity contribution in [1.29, 1.82) is 0 Å². The molecule has 4 unspecified atom stereocenters. The van der Waals surface area contributed by atoms with Crippen LogP contribution < -0.4 is 5.32 Å². The molecule has 0 bridgehead atoms. The van der Waals surface area contributed by atoms with Crippen LogP contribution in [0.5, 0.6) is 0 Å². The van der Waals surface area contributed by atoms with E-state index in [1.165, 1.54) is 0 Å². The van der Waals surface area contributed by atoms with E-state index < -0.39 is 49.4 Å². The van der Waals surface area contributed by atoms with E-state index in [1.807, 2.05) is 0 Å². The predicted molar refractivity (Wildman–Crippen MR) is 61.0 cm³/mol. The van der Waals surface area contributed by atoms with E-state index in [2.05, 4.69) is 5.32 Å². The Kier molecular flexibility index (Phi) is 8.19. The minimum atomic E-state index is -1.77. The third kappa shape index (κ3) is 7.03. The van der Waals surface area contributed by atoms with Gasteiger partial charge in [0.15, 0.2) is 0 Å². The minimum Gasteiger partial charge on any atom is -0.481 e. The summed E-state index contributed by atoms with van der Waals surface area (Å²) in [5.41, 5.74) is 0. The molecule has 0 aliphatic heterocycles. The van der Waals surface area contributed by atoms with Crippen molar-refractivity contribution in [3.05, 3.63) is 0 Å². The van der Waals surface area contributed by atoms with Crippen molar-refractivity contribution in [3.8, 4) is 0 Å². The van der Waals surface area contributed by atoms with Crippen molar-refractivity contribution in [2.24, 2.45) is 0 Å². The van der Waals surface area contributed by atoms with Crippen LogP contribution in [0.3, 0.4) is 0 Å². The van der Waals surface area contributed by atoms with Crippen molar-refractivity contribution in [1.82, 2.24) is 5.32 Å². The summed E-state index contributed by atoms with van der Waals surface area (Å²) in [5, 5.41) is 56.2. The molecule has 1 amide bonds. The largest absolute Gasteiger partial charge is 0.481 e. The van der Waals surface area contributed by atoms with Gasteiger partial charge in [-0.25, -0.2) is 0 Å². The predicted octanol–water partition coefficient (Wildman–Crippen LogP) is -3.60. The molecule has 0 spiro atoms. The van der Waals surface area contributed by atoms with Gasteiger partial charge in [-0.3, -0.25) is 9.59 Å². The lowest BCUT2D eigenvalue weighted by atomic mass is 10.0. The summed E-state index contributed by atoms with van der Waals surface area (Å²) in [7, 11) is 0. The molecule has 0 aromatic heterocycles. The summed E-state index contributed by atoms with van der Waals surface area (Å²) < 4.78 is 0. The van der Waals surface area contributed by atoms with Gasteiger partial charge in [-0.1, -0.05) is 0 Å². The maximum Gasteiger partial charge on any atom is 0.303 e. The molecule has 0 aliphatic rings. The first-order chi connectivity index (χ1) is 8.79. The zero-order valence-electron chi connectivity index (χ0n) is 10.1. The third-order valence-electron chi connectivity index (χ3n) is 2.40. The van der Waals surface area contributed by atoms with Crippen LogP contribution in [0.4, 0.5) is 0 Å². The molecule has 19 heavy (non-hydrogen) atoms. The summed E-state index contributed by atoms with van der Waals surface area (Å²) in [6.07, 6.45) is -7.36. The molecule has 9 heteroatoms. The highest BCUT2D eigenvalue weighted by Crippen LogP contribution is 2.04. The molecule has 0 heterocycles. The molecule has 0 radical (unpaired) electrons. The zero-order valence-corrected chi connectivity index (χ0v) is 10.1. The number of carbonyl (C=O) groups excluding carboxylic acids is 1. The molecular formula is C10H19NO8. The van der Waals surface area contributed by atoms with Gasteiger partial charge >= 0.3 is 5.97 Å². The quantitative estimate of drug-likeness (QED) is 0.227. The van der Waals surface area contributed by atoms with Crippen molar-refractivity contribution in [3.63, 3.8) is 0 Å². The van der Waals surface area contributed by atoms with Gasteiger partial charge in [0.2, 0.25) is 5.91 Å². The second-order valence-corrected chi connectivity index (χ2v) is 4.00. The lowest BCUT2D eigenvalue weighted by molar-refractivity contribution is -0.139. The zero-order chi connectivity index (χ0) is 15.0. The Balaban J connectivity index is 4.05. The molecule has 9 nitrogen and oxygen atoms in total. The summed E-state index contributed by atoms with van der Waals surface area (Å²) >= 11 is 0. The number of amides is 1. The smallest absolute Gasteiger partial charge is 0.303 e. The number of aliphatic carboxylic acids is 1. The molecule has 0 aromatic carbocycles. The second kappa shape index (κ2) is 8.77. The van der Waals surface area contributed by atoms with Crippen molar-refractivity contribution in [2.75, 3.05) is 13.2 Å². The van der Waals surface area contributed by atoms with Crippen LogP contribution in [0.2, 0.25) is 0 Å². The van der Waals surface area contributed by atoms with Crippen LogP contribution >= 0.6 is 0 Å². The minimum absolute atomic E-state index is 0.278. The number of aliphatic hydroxyl groups excluding tert-OH is 5. The van der Waals surface area contributed by atoms with E-state index in [0.29, 0.717) is 0 Å². The van der Waals surface area contributed by atoms with E-state index in [4.69, 9.17) is 15.3 Å². The molecule has 0 saturated heterocycles. The molecule has 0 aromatic rings. The van der Waals surface area contributed by atoms with Crippen molar-refractivity contribution in [2.45, 2.75) is 37.3 Å². The Morgan fingerprint density at radius 3 is 1.95 bits per heavy atom. The lowest BCUT2D eigenvalue weighted by Crippen LogP contribution is -2.49. The SMILES string of the molecule is O=C(O)CCC(=O)NCC(O)C(O)C(O)C(O)CO. The van der Waals surface area contributed by atoms with Crippen molar-refractivity contribution >= 4 is 11.9 Å². The van der Waals surface area contributed by atoms with Crippen LogP contribution in [0, 0.1) is 0 Å². The number of aliphatic hydroxyl groups is 5. The standard InChI is InChI=1S/C10H19NO8/c12-4-6(14)10(19)9(18)5(13)3-11-7(15)1-2-8(16)17/h5-6,9-10,12-14,18-19H,1-4H2,(H,11,15)(H,16,17). The van der Waals surface area contributed by atoms with Gasteiger partial charge in [0.25, 0.3) is 0 Å². The molecule has 112 valence electrons. The van der Waals surface area contributed by atoms with Crippen LogP contribution in [0.15, 0.2) is 0 Å². The summed E-state index contributed by atoms with van der Waals surface area (Å²) in [5.74, 6) is -1.77. The van der Waals surface area contributed by atoms with Crippen LogP contribution in [-0.4, -0.2) is 80.1 Å². The lowest BCUT2D eigenvalue weighted by Gasteiger charge is -2.25. The highest BCUT2D eigenvalue weighted by Gasteiger charge is 2.30. The molecule has 0 saturated carbocycles. The van der Waals surface area contributed by atoms with Gasteiger partial charge in [0.1, 0.15) is 18.3 Å². The number of nitrogens with one attached hydrogen (secondary N) is 1. The maximum absolute atomic E-state index is 11.1. The van der Waals surface area contributed by atoms with E-state index >= 15 is 0 Å². The Morgan fingerprint density at radius 1 is 0.947 bits per heavy atom. The van der Waals surface area contributed by atoms with Crippen LogP contribution in [-0.2, 0) is 9.59 Å². The van der Waals surface area contributed by atoms with Gasteiger partial charge in [0, 0.05) is 13.0 Å². The van der Waals surface area contributed by atoms with Gasteiger partial charge in [0.05, 0.1) is 19.1 Å². The van der Waals surface area contributed by atoms with E-state index in [-0.39, 0.29) is 12.8 Å². The summed E-state index contributed by atoms with van der Waals surface area (Å²) in [6, 6.07) is 0. The number of carboxylic acids is 1. The first-order valence-electron chi connectivity index (χ1n) is 5.61. The van der Waals surface area contributed by atoms with Gasteiger partial charge in [-0.15, -0.1) is 0 Å². The fraction of sp³-hybridized carbons (Fsp3) is 0.800. The fourth-order valence-electron chi connectivity index (χ4n) is 1.21. The topological polar surface area (TPSA) is 168 Å².